The molecule has 0 N–H and O–H groups in total. The largest absolute Gasteiger partial charge is 0.224 e. The molecule has 19 heavy (non-hydrogen) atoms. The topological polar surface area (TPSA) is 34.1 Å². The Kier molecular flexibility index (Phi) is 4.10. The van der Waals surface area contributed by atoms with E-state index in [4.69, 9.17) is 11.6 Å². The molecule has 108 valence electrons. The zero-order valence-electron chi connectivity index (χ0n) is 12.1. The molecule has 0 atom stereocenters. The van der Waals surface area contributed by atoms with Crippen LogP contribution in [0.4, 0.5) is 4.39 Å². The highest BCUT2D eigenvalue weighted by atomic mass is 35.5. The first-order valence-electron chi connectivity index (χ1n) is 5.98. The van der Waals surface area contributed by atoms with E-state index in [9.17, 15) is 12.8 Å². The van der Waals surface area contributed by atoms with Gasteiger partial charge in [0.15, 0.2) is 15.7 Å². The predicted molar refractivity (Wildman–Crippen MR) is 77.0 cm³/mol. The van der Waals surface area contributed by atoms with Crippen molar-refractivity contribution >= 4 is 21.4 Å². The van der Waals surface area contributed by atoms with Gasteiger partial charge in [-0.2, -0.15) is 0 Å². The van der Waals surface area contributed by atoms with E-state index in [-0.39, 0.29) is 20.7 Å². The summed E-state index contributed by atoms with van der Waals surface area (Å²) >= 11 is 6.06. The van der Waals surface area contributed by atoms with Gasteiger partial charge >= 0.3 is 0 Å². The standard InChI is InChI=1S/C14H20ClFO2S/c1-13(2,3)14(4,5)9-7-8-10(19(6,17)18)12(16)11(9)15/h7-8H,1-6H3. The van der Waals surface area contributed by atoms with Crippen molar-refractivity contribution in [3.05, 3.63) is 28.5 Å². The van der Waals surface area contributed by atoms with Gasteiger partial charge in [-0.15, -0.1) is 0 Å². The molecule has 1 aromatic carbocycles. The first-order valence-corrected chi connectivity index (χ1v) is 8.25. The van der Waals surface area contributed by atoms with E-state index in [0.717, 1.165) is 6.26 Å². The number of benzene rings is 1. The van der Waals surface area contributed by atoms with Crippen LogP contribution in [0.25, 0.3) is 0 Å². The third-order valence-electron chi connectivity index (χ3n) is 3.99. The summed E-state index contributed by atoms with van der Waals surface area (Å²) in [5.74, 6) is -0.862. The van der Waals surface area contributed by atoms with Gasteiger partial charge in [-0.05, 0) is 22.5 Å². The van der Waals surface area contributed by atoms with Crippen LogP contribution < -0.4 is 0 Å². The smallest absolute Gasteiger partial charge is 0.178 e. The maximum atomic E-state index is 14.2. The van der Waals surface area contributed by atoms with Crippen molar-refractivity contribution in [2.75, 3.05) is 6.26 Å². The number of sulfone groups is 1. The van der Waals surface area contributed by atoms with Crippen molar-refractivity contribution in [3.8, 4) is 0 Å². The minimum atomic E-state index is -3.61. The second kappa shape index (κ2) is 4.74. The highest BCUT2D eigenvalue weighted by molar-refractivity contribution is 7.90. The Balaban J connectivity index is 3.57. The quantitative estimate of drug-likeness (QED) is 0.820. The van der Waals surface area contributed by atoms with Crippen LogP contribution in [0.2, 0.25) is 5.02 Å². The summed E-state index contributed by atoms with van der Waals surface area (Å²) in [5, 5.41) is -0.108. The van der Waals surface area contributed by atoms with E-state index in [1.807, 2.05) is 34.6 Å². The van der Waals surface area contributed by atoms with Gasteiger partial charge in [-0.25, -0.2) is 12.8 Å². The van der Waals surface area contributed by atoms with Gasteiger partial charge in [-0.1, -0.05) is 52.3 Å². The lowest BCUT2D eigenvalue weighted by atomic mass is 9.65. The molecule has 0 bridgehead atoms. The fourth-order valence-corrected chi connectivity index (χ4v) is 2.90. The molecule has 5 heteroatoms. The molecular weight excluding hydrogens is 287 g/mol. The second-order valence-corrected chi connectivity index (χ2v) is 8.75. The third-order valence-corrected chi connectivity index (χ3v) is 5.48. The minimum absolute atomic E-state index is 0.108. The van der Waals surface area contributed by atoms with Crippen molar-refractivity contribution in [2.24, 2.45) is 5.41 Å². The molecule has 2 nitrogen and oxygen atoms in total. The van der Waals surface area contributed by atoms with E-state index in [1.54, 1.807) is 6.07 Å². The molecule has 0 aliphatic heterocycles. The molecular formula is C14H20ClFO2S. The number of halogens is 2. The highest BCUT2D eigenvalue weighted by Crippen LogP contribution is 2.44. The summed E-state index contributed by atoms with van der Waals surface area (Å²) in [6.07, 6.45) is 0.969. The van der Waals surface area contributed by atoms with Gasteiger partial charge < -0.3 is 0 Å². The van der Waals surface area contributed by atoms with Crippen molar-refractivity contribution in [1.29, 1.82) is 0 Å². The van der Waals surface area contributed by atoms with Crippen LogP contribution in [0, 0.1) is 11.2 Å². The molecule has 0 aromatic heterocycles. The fourth-order valence-electron chi connectivity index (χ4n) is 1.70. The Hall–Kier alpha value is -0.610. The summed E-state index contributed by atoms with van der Waals surface area (Å²) in [6.45, 7) is 10.0. The maximum absolute atomic E-state index is 14.2. The molecule has 0 radical (unpaired) electrons. The van der Waals surface area contributed by atoms with E-state index in [1.165, 1.54) is 6.07 Å². The van der Waals surface area contributed by atoms with Crippen molar-refractivity contribution in [3.63, 3.8) is 0 Å². The Morgan fingerprint density at radius 2 is 1.58 bits per heavy atom. The molecule has 0 aliphatic rings. The predicted octanol–water partition coefficient (Wildman–Crippen LogP) is 4.21. The lowest BCUT2D eigenvalue weighted by molar-refractivity contribution is 0.225. The molecule has 0 aliphatic carbocycles. The monoisotopic (exact) mass is 306 g/mol. The molecule has 0 fully saturated rings. The summed E-state index contributed by atoms with van der Waals surface area (Å²) in [6, 6.07) is 2.90. The molecule has 0 unspecified atom stereocenters. The Labute approximate surface area is 119 Å². The van der Waals surface area contributed by atoms with E-state index < -0.39 is 15.7 Å². The van der Waals surface area contributed by atoms with Crippen LogP contribution in [-0.2, 0) is 15.3 Å². The normalized spacial score (nSPS) is 13.7. The van der Waals surface area contributed by atoms with Gasteiger partial charge in [0.2, 0.25) is 0 Å². The molecule has 0 saturated carbocycles. The fraction of sp³-hybridized carbons (Fsp3) is 0.571. The Morgan fingerprint density at radius 3 is 1.95 bits per heavy atom. The second-order valence-electron chi connectivity index (χ2n) is 6.39. The average Bonchev–Trinajstić information content (AvgIpc) is 2.17. The molecule has 1 aromatic rings. The molecule has 0 amide bonds. The van der Waals surface area contributed by atoms with Gasteiger partial charge in [0.1, 0.15) is 4.90 Å². The molecule has 1 rings (SSSR count). The lowest BCUT2D eigenvalue weighted by Gasteiger charge is -2.40. The first-order chi connectivity index (χ1) is 8.30. The highest BCUT2D eigenvalue weighted by Gasteiger charge is 2.37. The van der Waals surface area contributed by atoms with Crippen molar-refractivity contribution < 1.29 is 12.8 Å². The summed E-state index contributed by atoms with van der Waals surface area (Å²) < 4.78 is 37.1. The van der Waals surface area contributed by atoms with E-state index in [0.29, 0.717) is 5.56 Å². The van der Waals surface area contributed by atoms with Crippen LogP contribution in [0.5, 0.6) is 0 Å². The summed E-state index contributed by atoms with van der Waals surface area (Å²) in [4.78, 5) is -0.356. The maximum Gasteiger partial charge on any atom is 0.178 e. The Bertz CT molecular complexity index is 599. The lowest BCUT2D eigenvalue weighted by Crippen LogP contribution is -2.34. The minimum Gasteiger partial charge on any atom is -0.224 e. The zero-order valence-corrected chi connectivity index (χ0v) is 13.7. The summed E-state index contributed by atoms with van der Waals surface area (Å²) in [7, 11) is -3.61. The SMILES string of the molecule is CC(C)(C)C(C)(C)c1ccc(S(C)(=O)=O)c(F)c1Cl. The van der Waals surface area contributed by atoms with Crippen molar-refractivity contribution in [1.82, 2.24) is 0 Å². The first kappa shape index (κ1) is 16.4. The van der Waals surface area contributed by atoms with E-state index in [2.05, 4.69) is 0 Å². The van der Waals surface area contributed by atoms with Crippen LogP contribution in [0.1, 0.15) is 40.2 Å². The van der Waals surface area contributed by atoms with Gasteiger partial charge in [-0.3, -0.25) is 0 Å². The van der Waals surface area contributed by atoms with Crippen LogP contribution in [0.3, 0.4) is 0 Å². The van der Waals surface area contributed by atoms with Crippen LogP contribution in [-0.4, -0.2) is 14.7 Å². The third kappa shape index (κ3) is 2.95. The molecule has 0 saturated heterocycles. The van der Waals surface area contributed by atoms with E-state index >= 15 is 0 Å². The number of hydrogen-bond acceptors (Lipinski definition) is 2. The number of hydrogen-bond donors (Lipinski definition) is 0. The average molecular weight is 307 g/mol. The van der Waals surface area contributed by atoms with Gasteiger partial charge in [0, 0.05) is 6.26 Å². The van der Waals surface area contributed by atoms with Crippen LogP contribution >= 0.6 is 11.6 Å². The molecule has 0 spiro atoms. The Morgan fingerprint density at radius 1 is 1.11 bits per heavy atom. The summed E-state index contributed by atoms with van der Waals surface area (Å²) in [5.41, 5.74) is 0.0861. The number of rotatable bonds is 2. The van der Waals surface area contributed by atoms with Crippen molar-refractivity contribution in [2.45, 2.75) is 44.9 Å². The van der Waals surface area contributed by atoms with Crippen LogP contribution in [0.15, 0.2) is 17.0 Å². The molecule has 0 heterocycles. The van der Waals surface area contributed by atoms with Gasteiger partial charge in [0.05, 0.1) is 5.02 Å². The van der Waals surface area contributed by atoms with Gasteiger partial charge in [0.25, 0.3) is 0 Å². The zero-order chi connectivity index (χ0) is 15.2.